The molecule has 7 heteroatoms. The van der Waals surface area contributed by atoms with Crippen molar-refractivity contribution in [3.8, 4) is 0 Å². The van der Waals surface area contributed by atoms with E-state index in [1.807, 2.05) is 0 Å². The van der Waals surface area contributed by atoms with E-state index in [2.05, 4.69) is 11.3 Å². The second kappa shape index (κ2) is 7.32. The molecular weight excluding hydrogens is 256 g/mol. The normalized spacial score (nSPS) is 13.2. The summed E-state index contributed by atoms with van der Waals surface area (Å²) in [7, 11) is 0. The van der Waals surface area contributed by atoms with Crippen LogP contribution in [0.25, 0.3) is 0 Å². The molecule has 0 spiro atoms. The van der Waals surface area contributed by atoms with Crippen molar-refractivity contribution in [1.29, 1.82) is 0 Å². The van der Waals surface area contributed by atoms with Crippen molar-refractivity contribution in [1.82, 2.24) is 0 Å². The van der Waals surface area contributed by atoms with Gasteiger partial charge in [0.15, 0.2) is 0 Å². The van der Waals surface area contributed by atoms with Crippen molar-refractivity contribution in [2.24, 2.45) is 0 Å². The molecule has 0 saturated carbocycles. The van der Waals surface area contributed by atoms with Gasteiger partial charge in [-0.15, -0.1) is 0 Å². The first kappa shape index (κ1) is 16.9. The Morgan fingerprint density at radius 2 is 1.68 bits per heavy atom. The lowest BCUT2D eigenvalue weighted by Crippen LogP contribution is -2.22. The van der Waals surface area contributed by atoms with Crippen molar-refractivity contribution in [2.45, 2.75) is 26.4 Å². The van der Waals surface area contributed by atoms with Crippen LogP contribution in [-0.2, 0) is 19.1 Å². The Balaban J connectivity index is 4.68. The molecule has 106 valence electrons. The van der Waals surface area contributed by atoms with Crippen LogP contribution in [0.4, 0.5) is 0 Å². The minimum absolute atomic E-state index is 0.142. The van der Waals surface area contributed by atoms with Gasteiger partial charge >= 0.3 is 17.9 Å². The highest BCUT2D eigenvalue weighted by atomic mass is 16.5. The number of carboxylic acids is 2. The number of aliphatic carboxylic acids is 2. The van der Waals surface area contributed by atoms with Crippen molar-refractivity contribution >= 4 is 17.9 Å². The van der Waals surface area contributed by atoms with Crippen LogP contribution < -0.4 is 0 Å². The van der Waals surface area contributed by atoms with Gasteiger partial charge < -0.3 is 20.1 Å². The maximum Gasteiger partial charge on any atom is 0.333 e. The Morgan fingerprint density at radius 1 is 1.16 bits per heavy atom. The van der Waals surface area contributed by atoms with Gasteiger partial charge in [0.05, 0.1) is 6.10 Å². The van der Waals surface area contributed by atoms with Gasteiger partial charge in [0.25, 0.3) is 0 Å². The van der Waals surface area contributed by atoms with Crippen LogP contribution in [0.3, 0.4) is 0 Å². The van der Waals surface area contributed by atoms with E-state index in [-0.39, 0.29) is 11.1 Å². The van der Waals surface area contributed by atoms with Gasteiger partial charge in [-0.05, 0) is 13.8 Å². The monoisotopic (exact) mass is 272 g/mol. The predicted molar refractivity (Wildman–Crippen MR) is 64.4 cm³/mol. The zero-order valence-corrected chi connectivity index (χ0v) is 10.7. The molecule has 0 heterocycles. The first-order chi connectivity index (χ1) is 8.66. The summed E-state index contributed by atoms with van der Waals surface area (Å²) < 4.78 is 4.63. The zero-order chi connectivity index (χ0) is 15.2. The number of aliphatic hydroxyl groups excluding tert-OH is 1. The third kappa shape index (κ3) is 5.82. The van der Waals surface area contributed by atoms with E-state index in [1.54, 1.807) is 0 Å². The molecular formula is C12H16O7. The summed E-state index contributed by atoms with van der Waals surface area (Å²) >= 11 is 0. The molecule has 0 aliphatic rings. The molecule has 0 aromatic rings. The molecule has 0 aromatic carbocycles. The lowest BCUT2D eigenvalue weighted by Gasteiger charge is -2.12. The molecule has 3 N–H and O–H groups in total. The number of carbonyl (C=O) groups excluding carboxylic acids is 1. The Hall–Kier alpha value is -2.15. The largest absolute Gasteiger partial charge is 0.478 e. The van der Waals surface area contributed by atoms with Crippen LogP contribution in [0, 0.1) is 0 Å². The van der Waals surface area contributed by atoms with Crippen LogP contribution in [0.2, 0.25) is 0 Å². The van der Waals surface area contributed by atoms with Crippen LogP contribution in [0.1, 0.15) is 20.3 Å². The molecule has 7 nitrogen and oxygen atoms in total. The SMILES string of the molecule is C=C(C)C(=O)OCC(O)CC(C(=O)O)=C(C)C(=O)O. The summed E-state index contributed by atoms with van der Waals surface area (Å²) in [5.41, 5.74) is -0.674. The summed E-state index contributed by atoms with van der Waals surface area (Å²) in [6, 6.07) is 0. The highest BCUT2D eigenvalue weighted by Gasteiger charge is 2.20. The van der Waals surface area contributed by atoms with Gasteiger partial charge in [0, 0.05) is 23.1 Å². The smallest absolute Gasteiger partial charge is 0.333 e. The lowest BCUT2D eigenvalue weighted by molar-refractivity contribution is -0.142. The van der Waals surface area contributed by atoms with Gasteiger partial charge in [-0.1, -0.05) is 6.58 Å². The topological polar surface area (TPSA) is 121 Å². The highest BCUT2D eigenvalue weighted by Crippen LogP contribution is 2.13. The first-order valence-corrected chi connectivity index (χ1v) is 5.33. The van der Waals surface area contributed by atoms with Crippen molar-refractivity contribution < 1.29 is 34.4 Å². The fourth-order valence-electron chi connectivity index (χ4n) is 1.12. The molecule has 0 aromatic heterocycles. The Labute approximate surface area is 109 Å². The highest BCUT2D eigenvalue weighted by molar-refractivity contribution is 5.98. The summed E-state index contributed by atoms with van der Waals surface area (Å²) in [4.78, 5) is 32.6. The molecule has 0 amide bonds. The Bertz CT molecular complexity index is 433. The number of rotatable bonds is 7. The number of hydrogen-bond donors (Lipinski definition) is 3. The zero-order valence-electron chi connectivity index (χ0n) is 10.7. The standard InChI is InChI=1S/C12H16O7/c1-6(2)12(18)19-5-8(13)4-9(11(16)17)7(3)10(14)15/h8,13H,1,4-5H2,2-3H3,(H,14,15)(H,16,17). The number of esters is 1. The van der Waals surface area contributed by atoms with Crippen molar-refractivity contribution in [3.63, 3.8) is 0 Å². The van der Waals surface area contributed by atoms with E-state index in [9.17, 15) is 19.5 Å². The fourth-order valence-corrected chi connectivity index (χ4v) is 1.12. The Kier molecular flexibility index (Phi) is 6.49. The van der Waals surface area contributed by atoms with E-state index in [0.29, 0.717) is 0 Å². The summed E-state index contributed by atoms with van der Waals surface area (Å²) in [6.45, 7) is 5.45. The second-order valence-electron chi connectivity index (χ2n) is 3.95. The molecule has 1 unspecified atom stereocenters. The third-order valence-electron chi connectivity index (χ3n) is 2.23. The van der Waals surface area contributed by atoms with E-state index >= 15 is 0 Å². The molecule has 0 radical (unpaired) electrons. The maximum atomic E-state index is 11.1. The first-order valence-electron chi connectivity index (χ1n) is 5.33. The molecule has 0 aliphatic heterocycles. The van der Waals surface area contributed by atoms with Gasteiger partial charge in [-0.2, -0.15) is 0 Å². The van der Waals surface area contributed by atoms with E-state index in [1.165, 1.54) is 6.92 Å². The van der Waals surface area contributed by atoms with Gasteiger partial charge in [-0.3, -0.25) is 0 Å². The van der Waals surface area contributed by atoms with E-state index in [4.69, 9.17) is 10.2 Å². The van der Waals surface area contributed by atoms with E-state index in [0.717, 1.165) is 6.92 Å². The molecule has 1 atom stereocenters. The maximum absolute atomic E-state index is 11.1. The van der Waals surface area contributed by atoms with Crippen LogP contribution >= 0.6 is 0 Å². The van der Waals surface area contributed by atoms with Gasteiger partial charge in [-0.25, -0.2) is 14.4 Å². The van der Waals surface area contributed by atoms with Crippen molar-refractivity contribution in [3.05, 3.63) is 23.3 Å². The van der Waals surface area contributed by atoms with Crippen molar-refractivity contribution in [2.75, 3.05) is 6.61 Å². The average Bonchev–Trinajstić information content (AvgIpc) is 2.31. The molecule has 0 saturated heterocycles. The Morgan fingerprint density at radius 3 is 2.05 bits per heavy atom. The average molecular weight is 272 g/mol. The third-order valence-corrected chi connectivity index (χ3v) is 2.23. The second-order valence-corrected chi connectivity index (χ2v) is 3.95. The molecule has 19 heavy (non-hydrogen) atoms. The van der Waals surface area contributed by atoms with Crippen LogP contribution in [0.5, 0.6) is 0 Å². The minimum atomic E-state index is -1.44. The number of hydrogen-bond acceptors (Lipinski definition) is 5. The number of carbonyl (C=O) groups is 3. The van der Waals surface area contributed by atoms with Crippen LogP contribution in [-0.4, -0.2) is 45.9 Å². The summed E-state index contributed by atoms with van der Waals surface area (Å²) in [5, 5.41) is 27.1. The quantitative estimate of drug-likeness (QED) is 0.451. The lowest BCUT2D eigenvalue weighted by atomic mass is 10.0. The van der Waals surface area contributed by atoms with E-state index < -0.39 is 42.6 Å². The number of carboxylic acid groups (broad SMARTS) is 2. The minimum Gasteiger partial charge on any atom is -0.478 e. The number of aliphatic hydroxyl groups is 1. The van der Waals surface area contributed by atoms with Crippen LogP contribution in [0.15, 0.2) is 23.3 Å². The van der Waals surface area contributed by atoms with Gasteiger partial charge in [0.2, 0.25) is 0 Å². The summed E-state index contributed by atoms with van der Waals surface area (Å²) in [5.74, 6) is -3.54. The molecule has 0 rings (SSSR count). The molecule has 0 bridgehead atoms. The van der Waals surface area contributed by atoms with Gasteiger partial charge in [0.1, 0.15) is 6.61 Å². The fraction of sp³-hybridized carbons (Fsp3) is 0.417. The predicted octanol–water partition coefficient (Wildman–Crippen LogP) is 0.342. The molecule has 0 fully saturated rings. The molecule has 0 aliphatic carbocycles. The number of ether oxygens (including phenoxy) is 1. The summed E-state index contributed by atoms with van der Waals surface area (Å²) in [6.07, 6.45) is -1.74.